The molecule has 80 heavy (non-hydrogen) atoms. The van der Waals surface area contributed by atoms with Crippen molar-refractivity contribution in [3.8, 4) is 0 Å². The number of nitrogens with one attached hydrogen (secondary N) is 1. The minimum absolute atomic E-state index is 0.0141. The van der Waals surface area contributed by atoms with Crippen LogP contribution in [0, 0.1) is 0 Å². The highest BCUT2D eigenvalue weighted by atomic mass is 31.2. The molecule has 0 bridgehead atoms. The number of rotatable bonds is 66. The van der Waals surface area contributed by atoms with Gasteiger partial charge in [0.05, 0.1) is 39.9 Å². The smallest absolute Gasteiger partial charge is 0.268 e. The van der Waals surface area contributed by atoms with E-state index in [2.05, 4.69) is 55.6 Å². The van der Waals surface area contributed by atoms with Crippen molar-refractivity contribution < 1.29 is 32.9 Å². The largest absolute Gasteiger partial charge is 0.756 e. The van der Waals surface area contributed by atoms with Gasteiger partial charge in [-0.1, -0.05) is 339 Å². The standard InChI is InChI=1S/C71H139N2O6P/c1-6-8-10-12-14-16-18-20-22-24-26-28-30-32-33-34-35-36-37-38-39-41-43-45-47-49-51-53-55-57-59-61-63-65-71(75)72-69(68-79-80(76,77)78-67-66-73(3,4)5)70(74)64-62-60-58-56-54-52-50-48-46-44-42-40-31-29-27-25-23-21-19-17-15-13-11-9-7-2/h18,20,24,26,30,32,69-70,74H,6-17,19,21-23,25,27-29,31,33-68H2,1-5H3,(H-,72,75,76,77)/b20-18-,26-24-,32-30-. The number of phosphoric acid groups is 1. The molecule has 0 aliphatic heterocycles. The lowest BCUT2D eigenvalue weighted by Crippen LogP contribution is -2.46. The van der Waals surface area contributed by atoms with Crippen molar-refractivity contribution in [2.75, 3.05) is 40.9 Å². The Labute approximate surface area is 499 Å². The first kappa shape index (κ1) is 78.7. The van der Waals surface area contributed by atoms with E-state index in [0.717, 1.165) is 51.4 Å². The molecule has 0 aliphatic rings. The molecule has 0 spiro atoms. The Balaban J connectivity index is 4.00. The fourth-order valence-electron chi connectivity index (χ4n) is 10.9. The van der Waals surface area contributed by atoms with E-state index in [4.69, 9.17) is 9.05 Å². The summed E-state index contributed by atoms with van der Waals surface area (Å²) < 4.78 is 23.5. The number of amides is 1. The predicted octanol–water partition coefficient (Wildman–Crippen LogP) is 21.8. The molecule has 0 saturated carbocycles. The van der Waals surface area contributed by atoms with Crippen molar-refractivity contribution in [2.45, 2.75) is 373 Å². The van der Waals surface area contributed by atoms with Crippen molar-refractivity contribution in [1.82, 2.24) is 5.32 Å². The maximum Gasteiger partial charge on any atom is 0.268 e. The number of carbonyl (C=O) groups is 1. The molecule has 0 aliphatic carbocycles. The molecule has 0 heterocycles. The van der Waals surface area contributed by atoms with Crippen molar-refractivity contribution >= 4 is 13.7 Å². The second-order valence-electron chi connectivity index (χ2n) is 25.6. The lowest BCUT2D eigenvalue weighted by molar-refractivity contribution is -0.870. The molecular weight excluding hydrogens is 1010 g/mol. The summed E-state index contributed by atoms with van der Waals surface area (Å²) in [5.74, 6) is -0.158. The SMILES string of the molecule is CCCCCCC/C=C\C/C=C\C/C=C\CCCCCCCCCCCCCCCCCCCCC(=O)NC(COP(=O)([O-])OCC[N+](C)(C)C)C(O)CCCCCCCCCCCCCCCCCCCCCCCCCCC. The normalized spacial score (nSPS) is 13.8. The quantitative estimate of drug-likeness (QED) is 0.0272. The summed E-state index contributed by atoms with van der Waals surface area (Å²) in [6, 6.07) is -0.801. The van der Waals surface area contributed by atoms with Gasteiger partial charge in [-0.25, -0.2) is 0 Å². The van der Waals surface area contributed by atoms with Gasteiger partial charge in [0.1, 0.15) is 13.2 Å². The molecule has 1 amide bonds. The van der Waals surface area contributed by atoms with Gasteiger partial charge in [-0.3, -0.25) is 9.36 Å². The van der Waals surface area contributed by atoms with E-state index >= 15 is 0 Å². The van der Waals surface area contributed by atoms with Gasteiger partial charge < -0.3 is 28.8 Å². The Hall–Kier alpha value is -1.28. The van der Waals surface area contributed by atoms with Gasteiger partial charge >= 0.3 is 0 Å². The fraction of sp³-hybridized carbons (Fsp3) is 0.901. The molecule has 0 rings (SSSR count). The summed E-state index contributed by atoms with van der Waals surface area (Å²) >= 11 is 0. The first-order valence-electron chi connectivity index (χ1n) is 35.3. The number of hydrogen-bond donors (Lipinski definition) is 2. The Morgan fingerprint density at radius 3 is 1.05 bits per heavy atom. The van der Waals surface area contributed by atoms with Crippen LogP contribution < -0.4 is 10.2 Å². The van der Waals surface area contributed by atoms with E-state index in [1.54, 1.807) is 0 Å². The number of nitrogens with zero attached hydrogens (tertiary/aromatic N) is 1. The second kappa shape index (κ2) is 62.3. The fourth-order valence-corrected chi connectivity index (χ4v) is 11.6. The van der Waals surface area contributed by atoms with E-state index in [-0.39, 0.29) is 19.1 Å². The molecule has 0 radical (unpaired) electrons. The summed E-state index contributed by atoms with van der Waals surface area (Å²) in [4.78, 5) is 25.7. The highest BCUT2D eigenvalue weighted by Crippen LogP contribution is 2.38. The van der Waals surface area contributed by atoms with Crippen LogP contribution in [-0.4, -0.2) is 68.5 Å². The summed E-state index contributed by atoms with van der Waals surface area (Å²) in [5, 5.41) is 14.1. The topological polar surface area (TPSA) is 108 Å². The number of likely N-dealkylation sites (N-methyl/N-ethyl adjacent to an activating group) is 1. The molecule has 474 valence electrons. The number of phosphoric ester groups is 1. The molecule has 3 unspecified atom stereocenters. The van der Waals surface area contributed by atoms with Gasteiger partial charge in [-0.05, 0) is 51.4 Å². The molecule has 0 aromatic rings. The van der Waals surface area contributed by atoms with Crippen LogP contribution in [0.15, 0.2) is 36.5 Å². The molecule has 0 aromatic carbocycles. The van der Waals surface area contributed by atoms with E-state index in [1.165, 1.54) is 283 Å². The number of carbonyl (C=O) groups excluding carboxylic acids is 1. The van der Waals surface area contributed by atoms with Crippen LogP contribution in [-0.2, 0) is 18.4 Å². The summed E-state index contributed by atoms with van der Waals surface area (Å²) in [6.45, 7) is 4.77. The molecule has 8 nitrogen and oxygen atoms in total. The second-order valence-corrected chi connectivity index (χ2v) is 27.0. The lowest BCUT2D eigenvalue weighted by Gasteiger charge is -2.30. The number of hydrogen-bond acceptors (Lipinski definition) is 6. The molecule has 0 aromatic heterocycles. The third-order valence-electron chi connectivity index (χ3n) is 16.4. The van der Waals surface area contributed by atoms with Gasteiger partial charge in [0, 0.05) is 6.42 Å². The summed E-state index contributed by atoms with van der Waals surface area (Å²) in [6.07, 6.45) is 82.2. The minimum atomic E-state index is -4.58. The van der Waals surface area contributed by atoms with Crippen LogP contribution in [0.25, 0.3) is 0 Å². The van der Waals surface area contributed by atoms with E-state index in [1.807, 2.05) is 21.1 Å². The van der Waals surface area contributed by atoms with Crippen LogP contribution in [0.2, 0.25) is 0 Å². The van der Waals surface area contributed by atoms with Crippen LogP contribution in [0.5, 0.6) is 0 Å². The maximum absolute atomic E-state index is 13.1. The first-order valence-corrected chi connectivity index (χ1v) is 36.8. The van der Waals surface area contributed by atoms with E-state index in [0.29, 0.717) is 23.9 Å². The zero-order valence-electron chi connectivity index (χ0n) is 54.3. The molecule has 0 fully saturated rings. The number of allylic oxidation sites excluding steroid dienone is 6. The van der Waals surface area contributed by atoms with Crippen LogP contribution in [0.4, 0.5) is 0 Å². The van der Waals surface area contributed by atoms with Gasteiger partial charge in [0.15, 0.2) is 0 Å². The average Bonchev–Trinajstić information content (AvgIpc) is 3.42. The molecule has 2 N–H and O–H groups in total. The number of unbranched alkanes of at least 4 members (excludes halogenated alkanes) is 47. The van der Waals surface area contributed by atoms with Gasteiger partial charge in [-0.15, -0.1) is 0 Å². The Morgan fingerprint density at radius 1 is 0.438 bits per heavy atom. The van der Waals surface area contributed by atoms with Crippen LogP contribution >= 0.6 is 7.82 Å². The average molecular weight is 1150 g/mol. The van der Waals surface area contributed by atoms with Crippen molar-refractivity contribution in [3.63, 3.8) is 0 Å². The highest BCUT2D eigenvalue weighted by molar-refractivity contribution is 7.45. The number of aliphatic hydroxyl groups excluding tert-OH is 1. The predicted molar refractivity (Wildman–Crippen MR) is 348 cm³/mol. The number of aliphatic hydroxyl groups is 1. The van der Waals surface area contributed by atoms with Crippen LogP contribution in [0.1, 0.15) is 361 Å². The molecular formula is C71H139N2O6P. The van der Waals surface area contributed by atoms with Crippen LogP contribution in [0.3, 0.4) is 0 Å². The minimum Gasteiger partial charge on any atom is -0.756 e. The van der Waals surface area contributed by atoms with E-state index < -0.39 is 20.0 Å². The first-order chi connectivity index (χ1) is 39.0. The van der Waals surface area contributed by atoms with Crippen molar-refractivity contribution in [3.05, 3.63) is 36.5 Å². The Morgan fingerprint density at radius 2 is 0.725 bits per heavy atom. The summed E-state index contributed by atoms with van der Waals surface area (Å²) in [7, 11) is 1.32. The Bertz CT molecular complexity index is 1400. The maximum atomic E-state index is 13.1. The Kier molecular flexibility index (Phi) is 61.3. The van der Waals surface area contributed by atoms with Gasteiger partial charge in [-0.2, -0.15) is 0 Å². The third-order valence-corrected chi connectivity index (χ3v) is 17.3. The highest BCUT2D eigenvalue weighted by Gasteiger charge is 2.24. The van der Waals surface area contributed by atoms with Crippen molar-refractivity contribution in [2.24, 2.45) is 0 Å². The molecule has 0 saturated heterocycles. The zero-order chi connectivity index (χ0) is 58.4. The third kappa shape index (κ3) is 64.3. The van der Waals surface area contributed by atoms with Gasteiger partial charge in [0.25, 0.3) is 7.82 Å². The monoisotopic (exact) mass is 1150 g/mol. The van der Waals surface area contributed by atoms with E-state index in [9.17, 15) is 19.4 Å². The molecule has 9 heteroatoms. The van der Waals surface area contributed by atoms with Crippen molar-refractivity contribution in [1.29, 1.82) is 0 Å². The summed E-state index contributed by atoms with van der Waals surface area (Å²) in [5.41, 5.74) is 0. The number of quaternary nitrogens is 1. The van der Waals surface area contributed by atoms with Gasteiger partial charge in [0.2, 0.25) is 5.91 Å². The molecule has 3 atom stereocenters. The lowest BCUT2D eigenvalue weighted by atomic mass is 10.0. The zero-order valence-corrected chi connectivity index (χ0v) is 55.2.